The highest BCUT2D eigenvalue weighted by molar-refractivity contribution is 7.89. The molecule has 18 heteroatoms. The molecule has 2 bridgehead atoms. The van der Waals surface area contributed by atoms with Crippen molar-refractivity contribution in [2.24, 2.45) is 5.92 Å². The fourth-order valence-electron chi connectivity index (χ4n) is 11.8. The minimum Gasteiger partial charge on any atom is -0.376 e. The molecule has 3 fully saturated rings. The number of hydrogen-bond acceptors (Lipinski definition) is 9. The maximum atomic E-state index is 16.3. The van der Waals surface area contributed by atoms with Crippen LogP contribution in [0.3, 0.4) is 0 Å². The lowest BCUT2D eigenvalue weighted by molar-refractivity contribution is -0.0592. The number of aromatic nitrogens is 8. The number of aromatic amines is 1. The van der Waals surface area contributed by atoms with Crippen molar-refractivity contribution in [2.75, 3.05) is 6.61 Å². The van der Waals surface area contributed by atoms with Gasteiger partial charge in [0.25, 0.3) is 10.0 Å². The summed E-state index contributed by atoms with van der Waals surface area (Å²) in [7, 11) is -4.44. The van der Waals surface area contributed by atoms with E-state index < -0.39 is 44.9 Å². The van der Waals surface area contributed by atoms with Gasteiger partial charge in [0.1, 0.15) is 17.2 Å². The molecule has 4 aliphatic rings. The largest absolute Gasteiger partial charge is 0.438 e. The van der Waals surface area contributed by atoms with Crippen molar-refractivity contribution in [1.82, 2.24) is 42.9 Å². The lowest BCUT2D eigenvalue weighted by Gasteiger charge is -2.44. The highest BCUT2D eigenvalue weighted by Crippen LogP contribution is 2.57. The number of halogens is 2. The third kappa shape index (κ3) is 6.32. The molecule has 0 radical (unpaired) electrons. The first-order valence-electron chi connectivity index (χ1n) is 23.2. The van der Waals surface area contributed by atoms with Crippen LogP contribution in [0.4, 0.5) is 8.78 Å². The van der Waals surface area contributed by atoms with Crippen LogP contribution >= 0.6 is 0 Å². The fraction of sp³-hybridized carbons (Fsp3) is 0.380. The van der Waals surface area contributed by atoms with Gasteiger partial charge in [0.15, 0.2) is 16.7 Å². The number of hydrogen-bond donors (Lipinski definition) is 1. The SMILES string of the molecule is Cc1cc(-n2nc3c(c2-n2ccn(-c4ccc5ccncc5c4F)c2=O)[C@@H]2CCC[C@H](C3)N2S(=O)(=O)c2cc3cc([C@H]4CCOC(C)(C)C4)ccc3n2[C@@]2(c3noc(=O)[nH]3)C[C@@H]2C)cc(C)c1F. The lowest BCUT2D eigenvalue weighted by atomic mass is 9.83. The number of benzene rings is 3. The Labute approximate surface area is 389 Å². The number of piperidine rings is 1. The molecule has 8 heterocycles. The van der Waals surface area contributed by atoms with Crippen molar-refractivity contribution >= 4 is 31.7 Å². The summed E-state index contributed by atoms with van der Waals surface area (Å²) in [5, 5.41) is 10.9. The molecule has 0 spiro atoms. The average molecular weight is 942 g/mol. The van der Waals surface area contributed by atoms with Gasteiger partial charge in [-0.2, -0.15) is 9.40 Å². The number of nitrogens with zero attached hydrogens (tertiary/aromatic N) is 8. The van der Waals surface area contributed by atoms with Crippen molar-refractivity contribution in [3.63, 3.8) is 0 Å². The van der Waals surface area contributed by atoms with Crippen LogP contribution in [0.15, 0.2) is 98.5 Å². The predicted molar refractivity (Wildman–Crippen MR) is 248 cm³/mol. The molecule has 5 atom stereocenters. The highest BCUT2D eigenvalue weighted by atomic mass is 32.2. The zero-order chi connectivity index (χ0) is 47.2. The molecular weight excluding hydrogens is 893 g/mol. The highest BCUT2D eigenvalue weighted by Gasteiger charge is 2.60. The van der Waals surface area contributed by atoms with Crippen LogP contribution in [-0.4, -0.2) is 69.6 Å². The van der Waals surface area contributed by atoms with Crippen LogP contribution in [0, 0.1) is 31.4 Å². The Kier molecular flexibility index (Phi) is 9.45. The molecule has 0 amide bonds. The van der Waals surface area contributed by atoms with Crippen molar-refractivity contribution in [2.45, 2.75) is 114 Å². The summed E-state index contributed by atoms with van der Waals surface area (Å²) < 4.78 is 82.5. The molecule has 8 aromatic rings. The van der Waals surface area contributed by atoms with Gasteiger partial charge in [-0.3, -0.25) is 23.6 Å². The normalized spacial score (nSPS) is 23.6. The molecule has 1 N–H and O–H groups in total. The van der Waals surface area contributed by atoms with Crippen molar-refractivity contribution < 1.29 is 26.5 Å². The van der Waals surface area contributed by atoms with Gasteiger partial charge in [-0.25, -0.2) is 31.5 Å². The minimum absolute atomic E-state index is 0.0118. The Hall–Kier alpha value is -6.50. The summed E-state index contributed by atoms with van der Waals surface area (Å²) in [5.41, 5.74) is 2.18. The van der Waals surface area contributed by atoms with E-state index in [0.29, 0.717) is 71.3 Å². The molecule has 68 heavy (non-hydrogen) atoms. The van der Waals surface area contributed by atoms with Gasteiger partial charge in [-0.15, -0.1) is 0 Å². The number of H-pyrrole nitrogens is 1. The molecule has 1 aliphatic carbocycles. The van der Waals surface area contributed by atoms with Gasteiger partial charge in [0.2, 0.25) is 0 Å². The lowest BCUT2D eigenvalue weighted by Crippen LogP contribution is -2.50. The Morgan fingerprint density at radius 1 is 0.897 bits per heavy atom. The Balaban J connectivity index is 1.05. The second-order valence-corrected chi connectivity index (χ2v) is 21.6. The first-order chi connectivity index (χ1) is 32.6. The topological polar surface area (TPSA) is 168 Å². The van der Waals surface area contributed by atoms with Crippen LogP contribution in [0.25, 0.3) is 38.9 Å². The Bertz CT molecular complexity index is 3620. The van der Waals surface area contributed by atoms with E-state index in [2.05, 4.69) is 41.1 Å². The summed E-state index contributed by atoms with van der Waals surface area (Å²) in [4.78, 5) is 34.2. The molecule has 12 rings (SSSR count). The maximum absolute atomic E-state index is 16.3. The van der Waals surface area contributed by atoms with Crippen molar-refractivity contribution in [3.8, 4) is 17.2 Å². The van der Waals surface area contributed by atoms with Crippen LogP contribution in [-0.2, 0) is 26.7 Å². The molecule has 2 saturated heterocycles. The van der Waals surface area contributed by atoms with E-state index in [4.69, 9.17) is 14.4 Å². The maximum Gasteiger partial charge on any atom is 0.438 e. The minimum atomic E-state index is -4.44. The monoisotopic (exact) mass is 941 g/mol. The van der Waals surface area contributed by atoms with Gasteiger partial charge in [-0.1, -0.05) is 24.2 Å². The zero-order valence-corrected chi connectivity index (χ0v) is 39.0. The smallest absolute Gasteiger partial charge is 0.376 e. The first kappa shape index (κ1) is 42.8. The van der Waals surface area contributed by atoms with Crippen LogP contribution in [0.5, 0.6) is 0 Å². The number of fused-ring (bicyclic) bond motifs is 6. The second kappa shape index (κ2) is 15.0. The van der Waals surface area contributed by atoms with Crippen LogP contribution < -0.4 is 11.4 Å². The summed E-state index contributed by atoms with van der Waals surface area (Å²) in [5.74, 6) is -1.13. The molecule has 350 valence electrons. The van der Waals surface area contributed by atoms with Gasteiger partial charge >= 0.3 is 11.4 Å². The third-order valence-corrected chi connectivity index (χ3v) is 17.0. The Morgan fingerprint density at radius 3 is 2.41 bits per heavy atom. The number of sulfonamides is 1. The molecule has 3 aromatic carbocycles. The van der Waals surface area contributed by atoms with Gasteiger partial charge in [-0.05, 0) is 143 Å². The van der Waals surface area contributed by atoms with E-state index in [1.54, 1.807) is 59.4 Å². The molecular formula is C50H49F2N9O6S. The van der Waals surface area contributed by atoms with Crippen molar-refractivity contribution in [3.05, 3.63) is 146 Å². The van der Waals surface area contributed by atoms with E-state index in [0.717, 1.165) is 23.8 Å². The number of aryl methyl sites for hydroxylation is 2. The molecule has 1 saturated carbocycles. The quantitative estimate of drug-likeness (QED) is 0.158. The molecule has 3 aliphatic heterocycles. The molecule has 0 unspecified atom stereocenters. The first-order valence-corrected chi connectivity index (χ1v) is 24.6. The summed E-state index contributed by atoms with van der Waals surface area (Å²) in [6, 6.07) is 14.8. The zero-order valence-electron chi connectivity index (χ0n) is 38.2. The van der Waals surface area contributed by atoms with Crippen LogP contribution in [0.1, 0.15) is 105 Å². The van der Waals surface area contributed by atoms with Gasteiger partial charge < -0.3 is 9.30 Å². The van der Waals surface area contributed by atoms with Crippen molar-refractivity contribution in [1.29, 1.82) is 0 Å². The van der Waals surface area contributed by atoms with E-state index in [9.17, 15) is 9.59 Å². The number of ether oxygens (including phenoxy) is 1. The van der Waals surface area contributed by atoms with Crippen LogP contribution in [0.2, 0.25) is 0 Å². The van der Waals surface area contributed by atoms with E-state index >= 15 is 17.2 Å². The van der Waals surface area contributed by atoms with E-state index in [1.807, 2.05) is 17.6 Å². The van der Waals surface area contributed by atoms with Gasteiger partial charge in [0.05, 0.1) is 34.2 Å². The number of rotatable bonds is 8. The molecule has 15 nitrogen and oxygen atoms in total. The number of imidazole rings is 1. The Morgan fingerprint density at radius 2 is 1.68 bits per heavy atom. The second-order valence-electron chi connectivity index (χ2n) is 19.9. The summed E-state index contributed by atoms with van der Waals surface area (Å²) in [6.45, 7) is 10.1. The summed E-state index contributed by atoms with van der Waals surface area (Å²) >= 11 is 0. The standard InChI is InChI=1S/C50H49F2N9O6S/c1-27-19-35(20-28(2)43(27)51)60-45(58-17-16-57(48(58)63)40-12-9-30-13-15-53-26-36(30)44(40)52)42-37(55-60)23-34-7-6-8-39(42)61(34)68(64,65)41-22-33-21-31(32-14-18-66-49(4,5)25-32)10-11-38(33)59(41)50(24-29(50)3)46-54-47(62)67-56-46/h9-13,15-17,19-22,26,29,32,34,39H,6-8,14,18,23-25H2,1-5H3,(H,54,56,62)/t29-,32-,34+,39-,50-/m0/s1. The van der Waals surface area contributed by atoms with E-state index in [1.165, 1.54) is 33.8 Å². The number of pyridine rings is 1. The molecule has 5 aromatic heterocycles. The van der Waals surface area contributed by atoms with Gasteiger partial charge in [0, 0.05) is 60.2 Å². The summed E-state index contributed by atoms with van der Waals surface area (Å²) in [6.07, 6.45) is 10.0. The predicted octanol–water partition coefficient (Wildman–Crippen LogP) is 8.18. The fourth-order valence-corrected chi connectivity index (χ4v) is 13.9. The number of nitrogens with one attached hydrogen (secondary N) is 1. The van der Waals surface area contributed by atoms with E-state index in [-0.39, 0.29) is 57.4 Å². The average Bonchev–Trinajstić information content (AvgIpc) is 3.79. The third-order valence-electron chi connectivity index (χ3n) is 15.1.